The second kappa shape index (κ2) is 9.09. The number of alkyl halides is 1. The van der Waals surface area contributed by atoms with Crippen molar-refractivity contribution < 1.29 is 13.2 Å². The Morgan fingerprint density at radius 2 is 1.94 bits per heavy atom. The highest BCUT2D eigenvalue weighted by Gasteiger charge is 2.29. The van der Waals surface area contributed by atoms with E-state index >= 15 is 0 Å². The number of methoxy groups -OCH3 is 1. The van der Waals surface area contributed by atoms with E-state index in [1.807, 2.05) is 13.8 Å². The predicted octanol–water partition coefficient (Wildman–Crippen LogP) is 1.54. The van der Waals surface area contributed by atoms with E-state index in [0.29, 0.717) is 32.0 Å². The zero-order valence-corrected chi connectivity index (χ0v) is 13.3. The monoisotopic (exact) mass is 300 g/mol. The van der Waals surface area contributed by atoms with E-state index < -0.39 is 10.2 Å². The van der Waals surface area contributed by atoms with Crippen molar-refractivity contribution in [2.24, 2.45) is 0 Å². The van der Waals surface area contributed by atoms with E-state index in [1.165, 1.54) is 8.61 Å². The molecule has 0 radical (unpaired) electrons. The van der Waals surface area contributed by atoms with Gasteiger partial charge in [0, 0.05) is 39.2 Å². The van der Waals surface area contributed by atoms with Crippen molar-refractivity contribution in [1.29, 1.82) is 0 Å². The first-order valence-corrected chi connectivity index (χ1v) is 8.12. The van der Waals surface area contributed by atoms with Crippen molar-refractivity contribution in [2.45, 2.75) is 32.7 Å². The Bertz CT molecular complexity index is 311. The first kappa shape index (κ1) is 18.1. The number of ether oxygens (including phenoxy) is 1. The molecule has 0 heterocycles. The molecule has 0 aromatic heterocycles. The summed E-state index contributed by atoms with van der Waals surface area (Å²) in [5.74, 6) is 0.460. The van der Waals surface area contributed by atoms with Crippen LogP contribution in [0.25, 0.3) is 0 Å². The third-order valence-electron chi connectivity index (χ3n) is 2.90. The second-order valence-electron chi connectivity index (χ2n) is 4.23. The van der Waals surface area contributed by atoms with Gasteiger partial charge in [-0.05, 0) is 19.8 Å². The summed E-state index contributed by atoms with van der Waals surface area (Å²) in [7, 11) is -0.273. The Kier molecular flexibility index (Phi) is 9.15. The summed E-state index contributed by atoms with van der Waals surface area (Å²) in [4.78, 5) is 0. The summed E-state index contributed by atoms with van der Waals surface area (Å²) < 4.78 is 32.6. The lowest BCUT2D eigenvalue weighted by molar-refractivity contribution is 0.164. The Morgan fingerprint density at radius 3 is 2.39 bits per heavy atom. The van der Waals surface area contributed by atoms with Crippen LogP contribution in [0.5, 0.6) is 0 Å². The van der Waals surface area contributed by atoms with E-state index in [0.717, 1.165) is 6.42 Å². The SMILES string of the molecule is CCC(C)N(CCOC)S(=O)(=O)N(C)CCCCl. The highest BCUT2D eigenvalue weighted by atomic mass is 35.5. The first-order chi connectivity index (χ1) is 8.41. The van der Waals surface area contributed by atoms with Crippen molar-refractivity contribution in [1.82, 2.24) is 8.61 Å². The molecule has 0 aromatic carbocycles. The van der Waals surface area contributed by atoms with Gasteiger partial charge >= 0.3 is 0 Å². The topological polar surface area (TPSA) is 49.9 Å². The molecule has 1 atom stereocenters. The number of hydrogen-bond donors (Lipinski definition) is 0. The van der Waals surface area contributed by atoms with Gasteiger partial charge in [-0.3, -0.25) is 0 Å². The lowest BCUT2D eigenvalue weighted by atomic mass is 10.3. The lowest BCUT2D eigenvalue weighted by Gasteiger charge is -2.31. The predicted molar refractivity (Wildman–Crippen MR) is 75.2 cm³/mol. The minimum absolute atomic E-state index is 0.0383. The van der Waals surface area contributed by atoms with E-state index in [2.05, 4.69) is 0 Å². The maximum absolute atomic E-state index is 12.4. The molecular weight excluding hydrogens is 276 g/mol. The molecule has 0 aliphatic carbocycles. The molecule has 18 heavy (non-hydrogen) atoms. The fourth-order valence-electron chi connectivity index (χ4n) is 1.52. The summed E-state index contributed by atoms with van der Waals surface area (Å²) in [5, 5.41) is 0. The van der Waals surface area contributed by atoms with Crippen molar-refractivity contribution in [3.05, 3.63) is 0 Å². The van der Waals surface area contributed by atoms with Gasteiger partial charge in [0.15, 0.2) is 0 Å². The number of nitrogens with zero attached hydrogens (tertiary/aromatic N) is 2. The van der Waals surface area contributed by atoms with Gasteiger partial charge in [0.05, 0.1) is 6.61 Å². The minimum Gasteiger partial charge on any atom is -0.383 e. The molecule has 0 N–H and O–H groups in total. The number of rotatable bonds is 10. The van der Waals surface area contributed by atoms with E-state index in [1.54, 1.807) is 14.2 Å². The molecule has 0 bridgehead atoms. The Balaban J connectivity index is 4.83. The maximum atomic E-state index is 12.4. The Hall–Kier alpha value is 0.120. The molecule has 0 saturated heterocycles. The van der Waals surface area contributed by atoms with Gasteiger partial charge in [-0.2, -0.15) is 17.0 Å². The van der Waals surface area contributed by atoms with Crippen LogP contribution in [0.3, 0.4) is 0 Å². The average Bonchev–Trinajstić information content (AvgIpc) is 2.35. The van der Waals surface area contributed by atoms with Crippen LogP contribution < -0.4 is 0 Å². The van der Waals surface area contributed by atoms with Crippen LogP contribution >= 0.6 is 11.6 Å². The average molecular weight is 301 g/mol. The molecular formula is C11H25ClN2O3S. The van der Waals surface area contributed by atoms with Crippen LogP contribution in [-0.4, -0.2) is 62.8 Å². The molecule has 0 spiro atoms. The molecule has 1 unspecified atom stereocenters. The van der Waals surface area contributed by atoms with Crippen LogP contribution in [0.2, 0.25) is 0 Å². The highest BCUT2D eigenvalue weighted by molar-refractivity contribution is 7.86. The zero-order valence-electron chi connectivity index (χ0n) is 11.7. The van der Waals surface area contributed by atoms with Crippen molar-refractivity contribution in [3.63, 3.8) is 0 Å². The van der Waals surface area contributed by atoms with Crippen LogP contribution in [0.15, 0.2) is 0 Å². The highest BCUT2D eigenvalue weighted by Crippen LogP contribution is 2.13. The van der Waals surface area contributed by atoms with Gasteiger partial charge in [-0.15, -0.1) is 11.6 Å². The quantitative estimate of drug-likeness (QED) is 0.575. The van der Waals surface area contributed by atoms with Gasteiger partial charge < -0.3 is 4.74 Å². The van der Waals surface area contributed by atoms with E-state index in [-0.39, 0.29) is 6.04 Å². The van der Waals surface area contributed by atoms with Crippen LogP contribution in [0.1, 0.15) is 26.7 Å². The van der Waals surface area contributed by atoms with E-state index in [9.17, 15) is 8.42 Å². The van der Waals surface area contributed by atoms with Gasteiger partial charge in [-0.25, -0.2) is 0 Å². The lowest BCUT2D eigenvalue weighted by Crippen LogP contribution is -2.47. The summed E-state index contributed by atoms with van der Waals surface area (Å²) in [5.41, 5.74) is 0. The smallest absolute Gasteiger partial charge is 0.282 e. The number of halogens is 1. The molecule has 110 valence electrons. The van der Waals surface area contributed by atoms with Crippen LogP contribution in [-0.2, 0) is 14.9 Å². The van der Waals surface area contributed by atoms with Crippen LogP contribution in [0.4, 0.5) is 0 Å². The fraction of sp³-hybridized carbons (Fsp3) is 1.00. The zero-order chi connectivity index (χ0) is 14.2. The summed E-state index contributed by atoms with van der Waals surface area (Å²) in [6.45, 7) is 5.08. The molecule has 0 fully saturated rings. The van der Waals surface area contributed by atoms with Crippen molar-refractivity contribution in [2.75, 3.05) is 39.7 Å². The summed E-state index contributed by atoms with van der Waals surface area (Å²) in [6.07, 6.45) is 1.42. The summed E-state index contributed by atoms with van der Waals surface area (Å²) in [6, 6.07) is -0.0383. The van der Waals surface area contributed by atoms with Gasteiger partial charge in [0.25, 0.3) is 10.2 Å². The molecule has 7 heteroatoms. The summed E-state index contributed by atoms with van der Waals surface area (Å²) >= 11 is 5.59. The largest absolute Gasteiger partial charge is 0.383 e. The first-order valence-electron chi connectivity index (χ1n) is 6.19. The number of hydrogen-bond acceptors (Lipinski definition) is 3. The Morgan fingerprint density at radius 1 is 1.33 bits per heavy atom. The van der Waals surface area contributed by atoms with Gasteiger partial charge in [0.2, 0.25) is 0 Å². The normalized spacial score (nSPS) is 14.4. The van der Waals surface area contributed by atoms with Gasteiger partial charge in [-0.1, -0.05) is 6.92 Å². The van der Waals surface area contributed by atoms with Gasteiger partial charge in [0.1, 0.15) is 0 Å². The minimum atomic E-state index is -3.43. The Labute approximate surface area is 116 Å². The van der Waals surface area contributed by atoms with E-state index in [4.69, 9.17) is 16.3 Å². The molecule has 0 aromatic rings. The molecule has 0 saturated carbocycles. The second-order valence-corrected chi connectivity index (χ2v) is 6.60. The van der Waals surface area contributed by atoms with Crippen molar-refractivity contribution >= 4 is 21.8 Å². The fourth-order valence-corrected chi connectivity index (χ4v) is 3.27. The third-order valence-corrected chi connectivity index (χ3v) is 5.27. The maximum Gasteiger partial charge on any atom is 0.282 e. The van der Waals surface area contributed by atoms with Crippen LogP contribution in [0, 0.1) is 0 Å². The molecule has 5 nitrogen and oxygen atoms in total. The molecule has 0 aliphatic heterocycles. The molecule has 0 aliphatic rings. The third kappa shape index (κ3) is 5.40. The molecule has 0 rings (SSSR count). The van der Waals surface area contributed by atoms with Crippen molar-refractivity contribution in [3.8, 4) is 0 Å². The standard InChI is InChI=1S/C11H25ClN2O3S/c1-5-11(2)14(9-10-17-4)18(15,16)13(3)8-6-7-12/h11H,5-10H2,1-4H3. The molecule has 0 amide bonds.